The molecule has 0 saturated carbocycles. The van der Waals surface area contributed by atoms with Crippen molar-refractivity contribution in [2.45, 2.75) is 13.0 Å². The lowest BCUT2D eigenvalue weighted by Crippen LogP contribution is -2.28. The molecule has 0 fully saturated rings. The number of nitrogens with zero attached hydrogens (tertiary/aromatic N) is 3. The molecule has 0 bridgehead atoms. The summed E-state index contributed by atoms with van der Waals surface area (Å²) in [7, 11) is 1.76. The first-order valence-electron chi connectivity index (χ1n) is 5.46. The van der Waals surface area contributed by atoms with E-state index < -0.39 is 0 Å². The third-order valence-electron chi connectivity index (χ3n) is 2.49. The predicted molar refractivity (Wildman–Crippen MR) is 70.9 cm³/mol. The van der Waals surface area contributed by atoms with E-state index in [1.54, 1.807) is 35.8 Å². The van der Waals surface area contributed by atoms with Gasteiger partial charge in [-0.1, -0.05) is 0 Å². The fourth-order valence-electron chi connectivity index (χ4n) is 1.48. The molecular weight excluding hydrogens is 248 g/mol. The first-order valence-corrected chi connectivity index (χ1v) is 6.41. The van der Waals surface area contributed by atoms with Gasteiger partial charge in [-0.3, -0.25) is 9.78 Å². The summed E-state index contributed by atoms with van der Waals surface area (Å²) in [6.07, 6.45) is 1.84. The van der Waals surface area contributed by atoms with Crippen LogP contribution in [0.15, 0.2) is 29.2 Å². The predicted octanol–water partition coefficient (Wildman–Crippen LogP) is 1.32. The summed E-state index contributed by atoms with van der Waals surface area (Å²) in [5.41, 5.74) is 9.53. The average Bonchev–Trinajstić information content (AvgIpc) is 2.85. The van der Waals surface area contributed by atoms with Gasteiger partial charge in [-0.2, -0.15) is 0 Å². The van der Waals surface area contributed by atoms with E-state index in [4.69, 9.17) is 5.73 Å². The van der Waals surface area contributed by atoms with Crippen LogP contribution in [0.1, 0.15) is 11.4 Å². The second-order valence-corrected chi connectivity index (χ2v) is 4.71. The molecule has 2 rings (SSSR count). The Morgan fingerprint density at radius 1 is 1.39 bits per heavy atom. The number of amides is 1. The number of pyridine rings is 1. The molecule has 0 aliphatic rings. The van der Waals surface area contributed by atoms with Crippen molar-refractivity contribution < 1.29 is 4.79 Å². The molecule has 2 aromatic rings. The minimum Gasteiger partial charge on any atom is -0.397 e. The van der Waals surface area contributed by atoms with Crippen LogP contribution in [0, 0.1) is 0 Å². The van der Waals surface area contributed by atoms with Crippen LogP contribution in [0.3, 0.4) is 0 Å². The van der Waals surface area contributed by atoms with E-state index in [9.17, 15) is 4.79 Å². The number of hydrogen-bond acceptors (Lipinski definition) is 5. The molecule has 18 heavy (non-hydrogen) atoms. The number of nitrogen functional groups attached to an aromatic ring is 1. The Morgan fingerprint density at radius 3 is 2.83 bits per heavy atom. The molecule has 2 N–H and O–H groups in total. The zero-order chi connectivity index (χ0) is 13.0. The fraction of sp³-hybridized carbons (Fsp3) is 0.250. The molecule has 6 heteroatoms. The van der Waals surface area contributed by atoms with Gasteiger partial charge in [0.15, 0.2) is 0 Å². The Balaban J connectivity index is 1.93. The van der Waals surface area contributed by atoms with Crippen molar-refractivity contribution in [3.05, 3.63) is 40.6 Å². The van der Waals surface area contributed by atoms with Gasteiger partial charge in [0.05, 0.1) is 36.1 Å². The zero-order valence-electron chi connectivity index (χ0n) is 10.0. The van der Waals surface area contributed by atoms with Crippen LogP contribution in [0.4, 0.5) is 5.69 Å². The third-order valence-corrected chi connectivity index (χ3v) is 3.12. The quantitative estimate of drug-likeness (QED) is 0.902. The molecule has 2 aromatic heterocycles. The van der Waals surface area contributed by atoms with Gasteiger partial charge in [-0.25, -0.2) is 4.98 Å². The highest BCUT2D eigenvalue weighted by Gasteiger charge is 2.11. The number of aromatic nitrogens is 2. The van der Waals surface area contributed by atoms with Gasteiger partial charge in [-0.05, 0) is 12.1 Å². The van der Waals surface area contributed by atoms with Gasteiger partial charge in [0.25, 0.3) is 0 Å². The van der Waals surface area contributed by atoms with Gasteiger partial charge in [0.2, 0.25) is 5.91 Å². The fourth-order valence-corrected chi connectivity index (χ4v) is 2.03. The summed E-state index contributed by atoms with van der Waals surface area (Å²) < 4.78 is 0. The normalized spacial score (nSPS) is 10.3. The van der Waals surface area contributed by atoms with Crippen molar-refractivity contribution in [3.63, 3.8) is 0 Å². The Bertz CT molecular complexity index is 509. The highest BCUT2D eigenvalue weighted by atomic mass is 32.1. The van der Waals surface area contributed by atoms with E-state index in [0.29, 0.717) is 12.2 Å². The van der Waals surface area contributed by atoms with Crippen LogP contribution in [-0.2, 0) is 17.8 Å². The van der Waals surface area contributed by atoms with Crippen LogP contribution < -0.4 is 5.73 Å². The molecule has 0 aliphatic heterocycles. The Labute approximate surface area is 109 Å². The summed E-state index contributed by atoms with van der Waals surface area (Å²) in [5.74, 6) is 0.0141. The molecule has 0 saturated heterocycles. The van der Waals surface area contributed by atoms with Crippen molar-refractivity contribution in [1.29, 1.82) is 0 Å². The highest BCUT2D eigenvalue weighted by Crippen LogP contribution is 2.07. The lowest BCUT2D eigenvalue weighted by atomic mass is 10.2. The maximum Gasteiger partial charge on any atom is 0.228 e. The Hall–Kier alpha value is -1.95. The molecule has 0 aromatic carbocycles. The van der Waals surface area contributed by atoms with E-state index in [0.717, 1.165) is 11.4 Å². The smallest absolute Gasteiger partial charge is 0.228 e. The SMILES string of the molecule is CN(Cc1cscn1)C(=O)Cc1ccc(N)cn1. The number of anilines is 1. The monoisotopic (exact) mass is 262 g/mol. The summed E-state index contributed by atoms with van der Waals surface area (Å²) in [4.78, 5) is 21.9. The van der Waals surface area contributed by atoms with Gasteiger partial charge in [0.1, 0.15) is 0 Å². The maximum atomic E-state index is 12.0. The van der Waals surface area contributed by atoms with Crippen molar-refractivity contribution in [2.24, 2.45) is 0 Å². The van der Waals surface area contributed by atoms with E-state index in [-0.39, 0.29) is 12.3 Å². The molecule has 94 valence electrons. The number of nitrogens with two attached hydrogens (primary N) is 1. The molecule has 2 heterocycles. The number of carbonyl (C=O) groups is 1. The van der Waals surface area contributed by atoms with Gasteiger partial charge in [0, 0.05) is 18.1 Å². The number of carbonyl (C=O) groups excluding carboxylic acids is 1. The molecule has 0 radical (unpaired) electrons. The van der Waals surface area contributed by atoms with Crippen LogP contribution in [-0.4, -0.2) is 27.8 Å². The summed E-state index contributed by atoms with van der Waals surface area (Å²) in [6.45, 7) is 0.525. The van der Waals surface area contributed by atoms with Gasteiger partial charge < -0.3 is 10.6 Å². The van der Waals surface area contributed by atoms with Crippen molar-refractivity contribution in [2.75, 3.05) is 12.8 Å². The summed E-state index contributed by atoms with van der Waals surface area (Å²) >= 11 is 1.52. The van der Waals surface area contributed by atoms with E-state index in [1.807, 2.05) is 5.38 Å². The average molecular weight is 262 g/mol. The van der Waals surface area contributed by atoms with Crippen LogP contribution in [0.2, 0.25) is 0 Å². The maximum absolute atomic E-state index is 12.0. The van der Waals surface area contributed by atoms with E-state index in [1.165, 1.54) is 11.3 Å². The standard InChI is InChI=1S/C12H14N4OS/c1-16(6-11-7-18-8-15-11)12(17)4-10-3-2-9(13)5-14-10/h2-3,5,7-8H,4,6,13H2,1H3. The van der Waals surface area contributed by atoms with Crippen LogP contribution in [0.25, 0.3) is 0 Å². The van der Waals surface area contributed by atoms with Crippen LogP contribution in [0.5, 0.6) is 0 Å². The third kappa shape index (κ3) is 3.27. The van der Waals surface area contributed by atoms with Crippen LogP contribution >= 0.6 is 11.3 Å². The van der Waals surface area contributed by atoms with Crippen molar-refractivity contribution in [1.82, 2.24) is 14.9 Å². The second-order valence-electron chi connectivity index (χ2n) is 3.99. The number of hydrogen-bond donors (Lipinski definition) is 1. The molecule has 5 nitrogen and oxygen atoms in total. The Kier molecular flexibility index (Phi) is 3.88. The van der Waals surface area contributed by atoms with Gasteiger partial charge in [-0.15, -0.1) is 11.3 Å². The highest BCUT2D eigenvalue weighted by molar-refractivity contribution is 7.07. The topological polar surface area (TPSA) is 72.1 Å². The lowest BCUT2D eigenvalue weighted by Gasteiger charge is -2.15. The first kappa shape index (κ1) is 12.5. The molecule has 0 spiro atoms. The van der Waals surface area contributed by atoms with Crippen molar-refractivity contribution in [3.8, 4) is 0 Å². The largest absolute Gasteiger partial charge is 0.397 e. The first-order chi connectivity index (χ1) is 8.65. The molecule has 0 atom stereocenters. The number of rotatable bonds is 4. The molecule has 1 amide bonds. The molecular formula is C12H14N4OS. The Morgan fingerprint density at radius 2 is 2.22 bits per heavy atom. The van der Waals surface area contributed by atoms with Gasteiger partial charge >= 0.3 is 0 Å². The molecule has 0 unspecified atom stereocenters. The minimum absolute atomic E-state index is 0.0141. The number of likely N-dealkylation sites (N-methyl/N-ethyl adjacent to an activating group) is 1. The zero-order valence-corrected chi connectivity index (χ0v) is 10.9. The molecule has 0 aliphatic carbocycles. The summed E-state index contributed by atoms with van der Waals surface area (Å²) in [6, 6.07) is 3.51. The lowest BCUT2D eigenvalue weighted by molar-refractivity contribution is -0.129. The van der Waals surface area contributed by atoms with E-state index in [2.05, 4.69) is 9.97 Å². The summed E-state index contributed by atoms with van der Waals surface area (Å²) in [5, 5.41) is 1.94. The minimum atomic E-state index is 0.0141. The van der Waals surface area contributed by atoms with Crippen molar-refractivity contribution >= 4 is 22.9 Å². The number of thiazole rings is 1. The second kappa shape index (κ2) is 5.59. The van der Waals surface area contributed by atoms with E-state index >= 15 is 0 Å².